The Kier molecular flexibility index (Phi) is 3.99. The Hall–Kier alpha value is -2.35. The second-order valence-electron chi connectivity index (χ2n) is 6.33. The number of hydrogen-bond acceptors (Lipinski definition) is 6. The average molecular weight is 358 g/mol. The summed E-state index contributed by atoms with van der Waals surface area (Å²) in [5.41, 5.74) is 1.71. The standard InChI is InChI=1S/C17H18N4O3S/c1-24-16(23)12-7-8-25-17(12)9-21(10-17)15(22)14-13(18-20-19-14)11-5-3-2-4-6-11/h2-6,12H,7-10H2,1H3,(H,18,19,20). The maximum absolute atomic E-state index is 12.8. The van der Waals surface area contributed by atoms with Crippen molar-refractivity contribution in [2.45, 2.75) is 11.2 Å². The molecule has 25 heavy (non-hydrogen) atoms. The Morgan fingerprint density at radius 2 is 2.04 bits per heavy atom. The molecular weight excluding hydrogens is 340 g/mol. The number of thioether (sulfide) groups is 1. The van der Waals surface area contributed by atoms with Crippen LogP contribution in [0.4, 0.5) is 0 Å². The monoisotopic (exact) mass is 358 g/mol. The number of carbonyl (C=O) groups is 2. The highest BCUT2D eigenvalue weighted by atomic mass is 32.2. The number of benzene rings is 1. The lowest BCUT2D eigenvalue weighted by atomic mass is 9.83. The van der Waals surface area contributed by atoms with Gasteiger partial charge in [0.05, 0.1) is 17.8 Å². The number of aromatic amines is 1. The van der Waals surface area contributed by atoms with Gasteiger partial charge in [0.1, 0.15) is 5.69 Å². The fourth-order valence-electron chi connectivity index (χ4n) is 3.60. The second-order valence-corrected chi connectivity index (χ2v) is 7.84. The van der Waals surface area contributed by atoms with Crippen LogP contribution in [0.2, 0.25) is 0 Å². The van der Waals surface area contributed by atoms with Crippen LogP contribution in [0.3, 0.4) is 0 Å². The van der Waals surface area contributed by atoms with E-state index in [0.717, 1.165) is 17.7 Å². The molecule has 1 N–H and O–H groups in total. The summed E-state index contributed by atoms with van der Waals surface area (Å²) < 4.78 is 4.72. The Bertz CT molecular complexity index is 801. The molecule has 2 aliphatic heterocycles. The van der Waals surface area contributed by atoms with Crippen LogP contribution in [0.25, 0.3) is 11.3 Å². The number of H-pyrrole nitrogens is 1. The summed E-state index contributed by atoms with van der Waals surface area (Å²) in [6.45, 7) is 1.08. The van der Waals surface area contributed by atoms with Gasteiger partial charge in [0, 0.05) is 18.7 Å². The van der Waals surface area contributed by atoms with Gasteiger partial charge in [0.25, 0.3) is 5.91 Å². The number of amides is 1. The molecular formula is C17H18N4O3S. The minimum Gasteiger partial charge on any atom is -0.469 e. The zero-order valence-corrected chi connectivity index (χ0v) is 14.6. The summed E-state index contributed by atoms with van der Waals surface area (Å²) in [5.74, 6) is 0.441. The van der Waals surface area contributed by atoms with E-state index in [-0.39, 0.29) is 22.5 Å². The van der Waals surface area contributed by atoms with Gasteiger partial charge in [0.2, 0.25) is 0 Å². The van der Waals surface area contributed by atoms with Crippen molar-refractivity contribution in [3.63, 3.8) is 0 Å². The smallest absolute Gasteiger partial charge is 0.310 e. The molecule has 130 valence electrons. The summed E-state index contributed by atoms with van der Waals surface area (Å²) in [7, 11) is 1.42. The summed E-state index contributed by atoms with van der Waals surface area (Å²) >= 11 is 1.76. The molecule has 2 aliphatic rings. The molecule has 2 fully saturated rings. The van der Waals surface area contributed by atoms with Crippen molar-refractivity contribution in [1.82, 2.24) is 20.3 Å². The Morgan fingerprint density at radius 3 is 2.76 bits per heavy atom. The van der Waals surface area contributed by atoms with Crippen molar-refractivity contribution in [3.8, 4) is 11.3 Å². The maximum Gasteiger partial charge on any atom is 0.310 e. The highest BCUT2D eigenvalue weighted by Crippen LogP contribution is 2.49. The topological polar surface area (TPSA) is 88.2 Å². The molecule has 1 unspecified atom stereocenters. The van der Waals surface area contributed by atoms with Crippen LogP contribution in [0, 0.1) is 5.92 Å². The van der Waals surface area contributed by atoms with Crippen molar-refractivity contribution in [2.75, 3.05) is 26.0 Å². The number of esters is 1. The lowest BCUT2D eigenvalue weighted by Crippen LogP contribution is -2.64. The van der Waals surface area contributed by atoms with Gasteiger partial charge in [-0.2, -0.15) is 27.2 Å². The molecule has 0 radical (unpaired) electrons. The van der Waals surface area contributed by atoms with Crippen LogP contribution in [0.5, 0.6) is 0 Å². The molecule has 1 amide bonds. The van der Waals surface area contributed by atoms with Crippen LogP contribution in [0.1, 0.15) is 16.9 Å². The zero-order chi connectivity index (χ0) is 17.4. The fourth-order valence-corrected chi connectivity index (χ4v) is 5.27. The molecule has 7 nitrogen and oxygen atoms in total. The van der Waals surface area contributed by atoms with Crippen molar-refractivity contribution >= 4 is 23.6 Å². The number of carbonyl (C=O) groups excluding carboxylic acids is 2. The molecule has 0 aliphatic carbocycles. The number of hydrogen-bond donors (Lipinski definition) is 1. The first-order valence-corrected chi connectivity index (χ1v) is 9.10. The van der Waals surface area contributed by atoms with Crippen molar-refractivity contribution < 1.29 is 14.3 Å². The third-order valence-electron chi connectivity index (χ3n) is 4.92. The lowest BCUT2D eigenvalue weighted by molar-refractivity contribution is -0.148. The van der Waals surface area contributed by atoms with Gasteiger partial charge >= 0.3 is 5.97 Å². The van der Waals surface area contributed by atoms with Crippen LogP contribution >= 0.6 is 11.8 Å². The average Bonchev–Trinajstić information content (AvgIpc) is 3.27. The first kappa shape index (κ1) is 16.1. The largest absolute Gasteiger partial charge is 0.469 e. The highest BCUT2D eigenvalue weighted by Gasteiger charge is 2.57. The van der Waals surface area contributed by atoms with E-state index in [1.807, 2.05) is 30.3 Å². The van der Waals surface area contributed by atoms with Gasteiger partial charge < -0.3 is 9.64 Å². The third kappa shape index (κ3) is 2.60. The van der Waals surface area contributed by atoms with Crippen LogP contribution in [-0.4, -0.2) is 62.9 Å². The second kappa shape index (κ2) is 6.18. The molecule has 1 spiro atoms. The number of methoxy groups -OCH3 is 1. The van der Waals surface area contributed by atoms with Crippen LogP contribution in [0.15, 0.2) is 30.3 Å². The number of aromatic nitrogens is 3. The molecule has 2 aromatic rings. The first-order valence-electron chi connectivity index (χ1n) is 8.12. The van der Waals surface area contributed by atoms with E-state index in [0.29, 0.717) is 24.5 Å². The summed E-state index contributed by atoms with van der Waals surface area (Å²) in [6.07, 6.45) is 0.804. The highest BCUT2D eigenvalue weighted by molar-refractivity contribution is 8.01. The normalized spacial score (nSPS) is 21.2. The van der Waals surface area contributed by atoms with Gasteiger partial charge in [-0.05, 0) is 12.2 Å². The van der Waals surface area contributed by atoms with E-state index in [2.05, 4.69) is 15.4 Å². The molecule has 8 heteroatoms. The van der Waals surface area contributed by atoms with E-state index < -0.39 is 0 Å². The van der Waals surface area contributed by atoms with Crippen LogP contribution < -0.4 is 0 Å². The summed E-state index contributed by atoms with van der Waals surface area (Å²) in [4.78, 5) is 26.6. The van der Waals surface area contributed by atoms with Gasteiger partial charge in [-0.3, -0.25) is 9.59 Å². The Morgan fingerprint density at radius 1 is 1.28 bits per heavy atom. The molecule has 1 aromatic heterocycles. The van der Waals surface area contributed by atoms with Gasteiger partial charge in [0.15, 0.2) is 5.69 Å². The number of rotatable bonds is 3. The number of nitrogens with one attached hydrogen (secondary N) is 1. The van der Waals surface area contributed by atoms with Crippen molar-refractivity contribution in [3.05, 3.63) is 36.0 Å². The van der Waals surface area contributed by atoms with Crippen LogP contribution in [-0.2, 0) is 9.53 Å². The van der Waals surface area contributed by atoms with Gasteiger partial charge in [-0.25, -0.2) is 0 Å². The molecule has 3 heterocycles. The Labute approximate surface area is 149 Å². The van der Waals surface area contributed by atoms with Crippen molar-refractivity contribution in [1.29, 1.82) is 0 Å². The first-order chi connectivity index (χ1) is 12.1. The van der Waals surface area contributed by atoms with E-state index >= 15 is 0 Å². The number of nitrogens with zero attached hydrogens (tertiary/aromatic N) is 3. The van der Waals surface area contributed by atoms with E-state index in [1.54, 1.807) is 16.7 Å². The van der Waals surface area contributed by atoms with Gasteiger partial charge in [-0.1, -0.05) is 30.3 Å². The quantitative estimate of drug-likeness (QED) is 0.839. The van der Waals surface area contributed by atoms with Crippen molar-refractivity contribution in [2.24, 2.45) is 5.92 Å². The molecule has 0 bridgehead atoms. The van der Waals surface area contributed by atoms with E-state index in [4.69, 9.17) is 4.74 Å². The fraction of sp³-hybridized carbons (Fsp3) is 0.412. The Balaban J connectivity index is 1.52. The molecule has 2 saturated heterocycles. The molecule has 0 saturated carbocycles. The SMILES string of the molecule is COC(=O)C1CCSC12CN(C(=O)c1n[nH]nc1-c1ccccc1)C2. The lowest BCUT2D eigenvalue weighted by Gasteiger charge is -2.49. The molecule has 1 atom stereocenters. The predicted octanol–water partition coefficient (Wildman–Crippen LogP) is 1.59. The summed E-state index contributed by atoms with van der Waals surface area (Å²) in [6, 6.07) is 9.49. The minimum atomic E-state index is -0.209. The zero-order valence-electron chi connectivity index (χ0n) is 13.8. The minimum absolute atomic E-state index is 0.141. The number of likely N-dealkylation sites (tertiary alicyclic amines) is 1. The van der Waals surface area contributed by atoms with E-state index in [9.17, 15) is 9.59 Å². The van der Waals surface area contributed by atoms with Gasteiger partial charge in [-0.15, -0.1) is 0 Å². The third-order valence-corrected chi connectivity index (χ3v) is 6.48. The number of ether oxygens (including phenoxy) is 1. The summed E-state index contributed by atoms with van der Waals surface area (Å²) in [5, 5.41) is 10.7. The maximum atomic E-state index is 12.8. The molecule has 4 rings (SSSR count). The van der Waals surface area contributed by atoms with E-state index in [1.165, 1.54) is 7.11 Å². The molecule has 1 aromatic carbocycles. The predicted molar refractivity (Wildman–Crippen MR) is 93.0 cm³/mol.